The largest absolute Gasteiger partial charge is 0.475 e. The molecule has 6 heteroatoms. The average Bonchev–Trinajstić information content (AvgIpc) is 2.92. The second kappa shape index (κ2) is 8.73. The van der Waals surface area contributed by atoms with Gasteiger partial charge in [-0.15, -0.1) is 0 Å². The molecule has 0 amide bonds. The fourth-order valence-corrected chi connectivity index (χ4v) is 1.99. The minimum Gasteiger partial charge on any atom is -0.475 e. The van der Waals surface area contributed by atoms with Crippen molar-refractivity contribution in [2.24, 2.45) is 0 Å². The molecule has 0 fully saturated rings. The number of carboxylic acid groups (broad SMARTS) is 1. The fraction of sp³-hybridized carbons (Fsp3) is 0.643. The number of ether oxygens (including phenoxy) is 2. The van der Waals surface area contributed by atoms with Gasteiger partial charge in [-0.3, -0.25) is 4.90 Å². The lowest BCUT2D eigenvalue weighted by molar-refractivity contribution is 0.0651. The molecule has 1 N–H and O–H groups in total. The number of carboxylic acids is 1. The molecule has 20 heavy (non-hydrogen) atoms. The third kappa shape index (κ3) is 4.96. The maximum atomic E-state index is 10.8. The molecule has 0 spiro atoms. The topological polar surface area (TPSA) is 72.1 Å². The summed E-state index contributed by atoms with van der Waals surface area (Å²) in [7, 11) is 3.34. The van der Waals surface area contributed by atoms with Gasteiger partial charge in [-0.25, -0.2) is 4.79 Å². The number of furan rings is 1. The van der Waals surface area contributed by atoms with Crippen molar-refractivity contribution in [1.29, 1.82) is 0 Å². The van der Waals surface area contributed by atoms with Crippen LogP contribution in [0.4, 0.5) is 0 Å². The Kier molecular flexibility index (Phi) is 7.28. The van der Waals surface area contributed by atoms with Crippen molar-refractivity contribution in [2.45, 2.75) is 19.4 Å². The highest BCUT2D eigenvalue weighted by Gasteiger charge is 2.20. The molecule has 1 unspecified atom stereocenters. The zero-order valence-electron chi connectivity index (χ0n) is 12.3. The second-order valence-electron chi connectivity index (χ2n) is 4.56. The maximum absolute atomic E-state index is 10.8. The van der Waals surface area contributed by atoms with Crippen LogP contribution in [0.2, 0.25) is 0 Å². The van der Waals surface area contributed by atoms with E-state index in [2.05, 4.69) is 4.90 Å². The van der Waals surface area contributed by atoms with E-state index >= 15 is 0 Å². The monoisotopic (exact) mass is 285 g/mol. The Morgan fingerprint density at radius 3 is 2.55 bits per heavy atom. The first kappa shape index (κ1) is 16.7. The standard InChI is InChI=1S/C14H23NO5/c1-11(12-5-6-13(20-12)14(16)17)15(8-10-19-3)7-4-9-18-2/h5-6,11H,4,7-10H2,1-3H3,(H,16,17). The van der Waals surface area contributed by atoms with E-state index in [9.17, 15) is 4.79 Å². The summed E-state index contributed by atoms with van der Waals surface area (Å²) in [5, 5.41) is 8.89. The molecule has 0 saturated heterocycles. The van der Waals surface area contributed by atoms with Crippen LogP contribution in [0.3, 0.4) is 0 Å². The lowest BCUT2D eigenvalue weighted by atomic mass is 10.2. The van der Waals surface area contributed by atoms with Crippen LogP contribution >= 0.6 is 0 Å². The van der Waals surface area contributed by atoms with Gasteiger partial charge in [-0.05, 0) is 25.5 Å². The van der Waals surface area contributed by atoms with E-state index in [4.69, 9.17) is 19.0 Å². The molecule has 1 aromatic rings. The summed E-state index contributed by atoms with van der Waals surface area (Å²) in [5.74, 6) is -0.433. The molecule has 0 saturated carbocycles. The van der Waals surface area contributed by atoms with Crippen molar-refractivity contribution < 1.29 is 23.8 Å². The lowest BCUT2D eigenvalue weighted by Crippen LogP contribution is -2.31. The summed E-state index contributed by atoms with van der Waals surface area (Å²) in [6.07, 6.45) is 0.900. The van der Waals surface area contributed by atoms with Crippen molar-refractivity contribution in [3.05, 3.63) is 23.7 Å². The van der Waals surface area contributed by atoms with Crippen molar-refractivity contribution in [2.75, 3.05) is 40.5 Å². The maximum Gasteiger partial charge on any atom is 0.371 e. The van der Waals surface area contributed by atoms with Crippen LogP contribution < -0.4 is 0 Å². The quantitative estimate of drug-likeness (QED) is 0.663. The van der Waals surface area contributed by atoms with Gasteiger partial charge in [0.15, 0.2) is 0 Å². The van der Waals surface area contributed by atoms with Crippen molar-refractivity contribution in [3.8, 4) is 0 Å². The summed E-state index contributed by atoms with van der Waals surface area (Å²) in [4.78, 5) is 13.0. The zero-order chi connectivity index (χ0) is 15.0. The molecular formula is C14H23NO5. The minimum absolute atomic E-state index is 0.00453. The number of rotatable bonds is 10. The summed E-state index contributed by atoms with van der Waals surface area (Å²) in [6, 6.07) is 3.19. The van der Waals surface area contributed by atoms with Crippen molar-refractivity contribution >= 4 is 5.97 Å². The van der Waals surface area contributed by atoms with Gasteiger partial charge in [0.2, 0.25) is 5.76 Å². The first-order valence-electron chi connectivity index (χ1n) is 6.65. The molecule has 0 aliphatic rings. The summed E-state index contributed by atoms with van der Waals surface area (Å²) in [5.41, 5.74) is 0. The fourth-order valence-electron chi connectivity index (χ4n) is 1.99. The van der Waals surface area contributed by atoms with Crippen LogP contribution in [0, 0.1) is 0 Å². The Morgan fingerprint density at radius 2 is 2.00 bits per heavy atom. The molecule has 1 aromatic heterocycles. The Balaban J connectivity index is 2.68. The van der Waals surface area contributed by atoms with E-state index in [0.717, 1.165) is 19.5 Å². The highest BCUT2D eigenvalue weighted by Crippen LogP contribution is 2.22. The van der Waals surface area contributed by atoms with Crippen LogP contribution in [0.1, 0.15) is 35.7 Å². The number of carbonyl (C=O) groups is 1. The first-order valence-corrected chi connectivity index (χ1v) is 6.65. The van der Waals surface area contributed by atoms with Gasteiger partial charge in [0.05, 0.1) is 12.6 Å². The van der Waals surface area contributed by atoms with Crippen LogP contribution in [0.15, 0.2) is 16.5 Å². The molecule has 0 aromatic carbocycles. The highest BCUT2D eigenvalue weighted by molar-refractivity contribution is 5.84. The Bertz CT molecular complexity index is 404. The van der Waals surface area contributed by atoms with Gasteiger partial charge in [-0.1, -0.05) is 0 Å². The normalized spacial score (nSPS) is 12.8. The van der Waals surface area contributed by atoms with E-state index in [0.29, 0.717) is 19.0 Å². The van der Waals surface area contributed by atoms with E-state index in [1.165, 1.54) is 6.07 Å². The third-order valence-electron chi connectivity index (χ3n) is 3.17. The van der Waals surface area contributed by atoms with Crippen LogP contribution in [-0.2, 0) is 9.47 Å². The zero-order valence-corrected chi connectivity index (χ0v) is 12.3. The number of nitrogens with zero attached hydrogens (tertiary/aromatic N) is 1. The van der Waals surface area contributed by atoms with Gasteiger partial charge in [0.1, 0.15) is 5.76 Å². The predicted octanol–water partition coefficient (Wildman–Crippen LogP) is 2.02. The molecule has 114 valence electrons. The van der Waals surface area contributed by atoms with Gasteiger partial charge in [0, 0.05) is 33.9 Å². The van der Waals surface area contributed by atoms with Gasteiger partial charge in [-0.2, -0.15) is 0 Å². The van der Waals surface area contributed by atoms with Gasteiger partial charge < -0.3 is 19.0 Å². The first-order chi connectivity index (χ1) is 9.60. The predicted molar refractivity (Wildman–Crippen MR) is 74.0 cm³/mol. The molecule has 1 atom stereocenters. The Labute approximate surface area is 119 Å². The molecule has 1 rings (SSSR count). The third-order valence-corrected chi connectivity index (χ3v) is 3.17. The van der Waals surface area contributed by atoms with Crippen LogP contribution in [0.25, 0.3) is 0 Å². The summed E-state index contributed by atoms with van der Waals surface area (Å²) < 4.78 is 15.5. The van der Waals surface area contributed by atoms with Crippen molar-refractivity contribution in [1.82, 2.24) is 4.90 Å². The van der Waals surface area contributed by atoms with E-state index < -0.39 is 5.97 Å². The number of hydrogen-bond donors (Lipinski definition) is 1. The molecule has 6 nitrogen and oxygen atoms in total. The molecule has 0 bridgehead atoms. The van der Waals surface area contributed by atoms with E-state index in [1.54, 1.807) is 20.3 Å². The van der Waals surface area contributed by atoms with E-state index in [1.807, 2.05) is 6.92 Å². The second-order valence-corrected chi connectivity index (χ2v) is 4.56. The number of hydrogen-bond acceptors (Lipinski definition) is 5. The van der Waals surface area contributed by atoms with Crippen LogP contribution in [0.5, 0.6) is 0 Å². The van der Waals surface area contributed by atoms with Crippen molar-refractivity contribution in [3.63, 3.8) is 0 Å². The van der Waals surface area contributed by atoms with Gasteiger partial charge in [0.25, 0.3) is 0 Å². The molecular weight excluding hydrogens is 262 g/mol. The Hall–Kier alpha value is -1.37. The molecule has 0 radical (unpaired) electrons. The smallest absolute Gasteiger partial charge is 0.371 e. The molecule has 0 aliphatic carbocycles. The van der Waals surface area contributed by atoms with Crippen LogP contribution in [-0.4, -0.2) is 56.5 Å². The lowest BCUT2D eigenvalue weighted by Gasteiger charge is -2.27. The SMILES string of the molecule is COCCCN(CCOC)C(C)c1ccc(C(=O)O)o1. The summed E-state index contributed by atoms with van der Waals surface area (Å²) >= 11 is 0. The number of aromatic carboxylic acids is 1. The average molecular weight is 285 g/mol. The molecule has 0 aliphatic heterocycles. The highest BCUT2D eigenvalue weighted by atomic mass is 16.5. The molecule has 1 heterocycles. The Morgan fingerprint density at radius 1 is 1.30 bits per heavy atom. The number of methoxy groups -OCH3 is 2. The summed E-state index contributed by atoms with van der Waals surface area (Å²) in [6.45, 7) is 4.89. The minimum atomic E-state index is -1.05. The van der Waals surface area contributed by atoms with E-state index in [-0.39, 0.29) is 11.8 Å². The van der Waals surface area contributed by atoms with Gasteiger partial charge >= 0.3 is 5.97 Å².